The first kappa shape index (κ1) is 16.3. The van der Waals surface area contributed by atoms with E-state index >= 15 is 0 Å². The number of pyridine rings is 1. The molecular weight excluding hydrogens is 258 g/mol. The molecule has 0 N–H and O–H groups in total. The van der Waals surface area contributed by atoms with Gasteiger partial charge in [0.25, 0.3) is 0 Å². The lowest BCUT2D eigenvalue weighted by atomic mass is 10.1. The Morgan fingerprint density at radius 3 is 2.42 bits per heavy atom. The van der Waals surface area contributed by atoms with Crippen LogP contribution in [0.4, 0.5) is 5.82 Å². The summed E-state index contributed by atoms with van der Waals surface area (Å²) in [6, 6.07) is 2.11. The molecule has 0 bridgehead atoms. The first-order valence-corrected chi connectivity index (χ1v) is 7.45. The molecule has 4 heteroatoms. The van der Waals surface area contributed by atoms with Gasteiger partial charge >= 0.3 is 0 Å². The van der Waals surface area contributed by atoms with Gasteiger partial charge in [0, 0.05) is 24.3 Å². The summed E-state index contributed by atoms with van der Waals surface area (Å²) in [5.41, 5.74) is 3.47. The summed E-state index contributed by atoms with van der Waals surface area (Å²) in [4.78, 5) is 9.25. The Labute approximate surface area is 122 Å². The number of alkyl halides is 1. The van der Waals surface area contributed by atoms with Gasteiger partial charge in [-0.3, -0.25) is 0 Å². The number of nitrogens with zero attached hydrogens (tertiary/aromatic N) is 3. The lowest BCUT2D eigenvalue weighted by Crippen LogP contribution is -2.29. The largest absolute Gasteiger partial charge is 0.357 e. The fourth-order valence-corrected chi connectivity index (χ4v) is 2.59. The average molecular weight is 284 g/mol. The highest BCUT2D eigenvalue weighted by atomic mass is 35.5. The van der Waals surface area contributed by atoms with E-state index in [2.05, 4.69) is 43.8 Å². The molecule has 1 rings (SSSR count). The maximum absolute atomic E-state index is 6.10. The summed E-state index contributed by atoms with van der Waals surface area (Å²) in [6.07, 6.45) is 1.14. The highest BCUT2D eigenvalue weighted by molar-refractivity contribution is 6.17. The molecule has 0 aliphatic rings. The second-order valence-corrected chi connectivity index (χ2v) is 5.52. The monoisotopic (exact) mass is 283 g/mol. The third kappa shape index (κ3) is 4.66. The van der Waals surface area contributed by atoms with Crippen molar-refractivity contribution in [3.05, 3.63) is 22.9 Å². The fraction of sp³-hybridized carbons (Fsp3) is 0.667. The molecule has 0 aromatic carbocycles. The smallest absolute Gasteiger partial charge is 0.133 e. The van der Waals surface area contributed by atoms with E-state index in [0.717, 1.165) is 37.6 Å². The molecule has 108 valence electrons. The fourth-order valence-electron chi connectivity index (χ4n) is 2.26. The molecule has 0 fully saturated rings. The van der Waals surface area contributed by atoms with Crippen molar-refractivity contribution in [1.29, 1.82) is 0 Å². The van der Waals surface area contributed by atoms with Gasteiger partial charge in [0.2, 0.25) is 0 Å². The van der Waals surface area contributed by atoms with Gasteiger partial charge in [-0.25, -0.2) is 4.98 Å². The maximum atomic E-state index is 6.10. The summed E-state index contributed by atoms with van der Waals surface area (Å²) in [5.74, 6) is 1.59. The van der Waals surface area contributed by atoms with Crippen LogP contribution in [0.15, 0.2) is 6.07 Å². The van der Waals surface area contributed by atoms with E-state index in [1.54, 1.807) is 0 Å². The molecule has 0 saturated carbocycles. The van der Waals surface area contributed by atoms with Gasteiger partial charge in [-0.1, -0.05) is 0 Å². The van der Waals surface area contributed by atoms with Crippen LogP contribution in [0.1, 0.15) is 30.2 Å². The van der Waals surface area contributed by atoms with Crippen molar-refractivity contribution in [2.75, 3.05) is 38.6 Å². The van der Waals surface area contributed by atoms with E-state index in [-0.39, 0.29) is 0 Å². The number of hydrogen-bond donors (Lipinski definition) is 0. The molecule has 0 atom stereocenters. The van der Waals surface area contributed by atoms with Gasteiger partial charge in [-0.05, 0) is 59.5 Å². The Balaban J connectivity index is 2.90. The van der Waals surface area contributed by atoms with Crippen molar-refractivity contribution < 1.29 is 0 Å². The first-order chi connectivity index (χ1) is 8.99. The summed E-state index contributed by atoms with van der Waals surface area (Å²) in [7, 11) is 4.21. The molecule has 3 nitrogen and oxygen atoms in total. The van der Waals surface area contributed by atoms with Gasteiger partial charge in [0.1, 0.15) is 5.82 Å². The summed E-state index contributed by atoms with van der Waals surface area (Å²) in [5, 5.41) is 0. The van der Waals surface area contributed by atoms with Crippen LogP contribution in [0.2, 0.25) is 0 Å². The number of aromatic nitrogens is 1. The zero-order valence-corrected chi connectivity index (χ0v) is 13.6. The van der Waals surface area contributed by atoms with Gasteiger partial charge < -0.3 is 9.80 Å². The minimum atomic E-state index is 0.526. The average Bonchev–Trinajstić information content (AvgIpc) is 2.33. The van der Waals surface area contributed by atoms with E-state index in [4.69, 9.17) is 16.6 Å². The zero-order chi connectivity index (χ0) is 14.4. The topological polar surface area (TPSA) is 19.4 Å². The SMILES string of the molecule is CCN(CCCN(C)C)c1nc(C)cc(C)c1CCl. The first-order valence-electron chi connectivity index (χ1n) is 6.92. The lowest BCUT2D eigenvalue weighted by Gasteiger charge is -2.26. The Bertz CT molecular complexity index is 405. The molecule has 0 radical (unpaired) electrons. The van der Waals surface area contributed by atoms with Crippen LogP contribution >= 0.6 is 11.6 Å². The quantitative estimate of drug-likeness (QED) is 0.716. The normalized spacial score (nSPS) is 11.1. The van der Waals surface area contributed by atoms with Crippen LogP contribution in [0.25, 0.3) is 0 Å². The van der Waals surface area contributed by atoms with Crippen molar-refractivity contribution in [1.82, 2.24) is 9.88 Å². The van der Waals surface area contributed by atoms with Crippen molar-refractivity contribution >= 4 is 17.4 Å². The van der Waals surface area contributed by atoms with Crippen LogP contribution in [-0.4, -0.2) is 43.6 Å². The highest BCUT2D eigenvalue weighted by Crippen LogP contribution is 2.24. The molecule has 0 amide bonds. The standard InChI is InChI=1S/C15H26ClN3/c1-6-19(9-7-8-18(4)5)15-14(11-16)12(2)10-13(3)17-15/h10H,6-9,11H2,1-5H3. The minimum absolute atomic E-state index is 0.526. The Kier molecular flexibility index (Phi) is 6.59. The number of hydrogen-bond acceptors (Lipinski definition) is 3. The summed E-state index contributed by atoms with van der Waals surface area (Å²) < 4.78 is 0. The molecule has 1 heterocycles. The molecule has 1 aromatic rings. The second-order valence-electron chi connectivity index (χ2n) is 5.25. The number of anilines is 1. The zero-order valence-electron chi connectivity index (χ0n) is 12.8. The summed E-state index contributed by atoms with van der Waals surface area (Å²) >= 11 is 6.10. The number of halogens is 1. The lowest BCUT2D eigenvalue weighted by molar-refractivity contribution is 0.400. The molecular formula is C15H26ClN3. The minimum Gasteiger partial charge on any atom is -0.357 e. The molecule has 0 saturated heterocycles. The van der Waals surface area contributed by atoms with Crippen LogP contribution < -0.4 is 4.90 Å². The van der Waals surface area contributed by atoms with E-state index in [1.165, 1.54) is 11.1 Å². The van der Waals surface area contributed by atoms with E-state index < -0.39 is 0 Å². The third-order valence-corrected chi connectivity index (χ3v) is 3.57. The molecule has 0 aliphatic carbocycles. The van der Waals surface area contributed by atoms with Crippen molar-refractivity contribution in [2.45, 2.75) is 33.1 Å². The van der Waals surface area contributed by atoms with Crippen LogP contribution in [0.3, 0.4) is 0 Å². The van der Waals surface area contributed by atoms with E-state index in [0.29, 0.717) is 5.88 Å². The van der Waals surface area contributed by atoms with Crippen LogP contribution in [-0.2, 0) is 5.88 Å². The maximum Gasteiger partial charge on any atom is 0.133 e. The van der Waals surface area contributed by atoms with Crippen LogP contribution in [0, 0.1) is 13.8 Å². The number of rotatable bonds is 7. The molecule has 0 unspecified atom stereocenters. The molecule has 0 spiro atoms. The third-order valence-electron chi connectivity index (χ3n) is 3.30. The van der Waals surface area contributed by atoms with Crippen molar-refractivity contribution in [3.63, 3.8) is 0 Å². The number of aryl methyl sites for hydroxylation is 2. The molecule has 19 heavy (non-hydrogen) atoms. The molecule has 0 aliphatic heterocycles. The second kappa shape index (κ2) is 7.71. The predicted octanol–water partition coefficient (Wildman–Crippen LogP) is 3.22. The highest BCUT2D eigenvalue weighted by Gasteiger charge is 2.13. The van der Waals surface area contributed by atoms with E-state index in [9.17, 15) is 0 Å². The van der Waals surface area contributed by atoms with Gasteiger partial charge in [0.05, 0.1) is 5.88 Å². The van der Waals surface area contributed by atoms with Crippen LogP contribution in [0.5, 0.6) is 0 Å². The van der Waals surface area contributed by atoms with Crippen molar-refractivity contribution in [2.24, 2.45) is 0 Å². The van der Waals surface area contributed by atoms with Gasteiger partial charge in [0.15, 0.2) is 0 Å². The Morgan fingerprint density at radius 1 is 1.21 bits per heavy atom. The van der Waals surface area contributed by atoms with E-state index in [1.807, 2.05) is 6.92 Å². The summed E-state index contributed by atoms with van der Waals surface area (Å²) in [6.45, 7) is 9.41. The Morgan fingerprint density at radius 2 is 1.89 bits per heavy atom. The van der Waals surface area contributed by atoms with Crippen molar-refractivity contribution in [3.8, 4) is 0 Å². The van der Waals surface area contributed by atoms with Gasteiger partial charge in [-0.2, -0.15) is 0 Å². The Hall–Kier alpha value is -0.800. The van der Waals surface area contributed by atoms with Gasteiger partial charge in [-0.15, -0.1) is 11.6 Å². The predicted molar refractivity (Wildman–Crippen MR) is 84.3 cm³/mol. The molecule has 1 aromatic heterocycles.